The van der Waals surface area contributed by atoms with Crippen molar-refractivity contribution in [2.75, 3.05) is 0 Å². The van der Waals surface area contributed by atoms with Crippen molar-refractivity contribution in [1.82, 2.24) is 0 Å². The smallest absolute Gasteiger partial charge is 0.131 e. The van der Waals surface area contributed by atoms with Crippen LogP contribution in [0.4, 0.5) is 0 Å². The van der Waals surface area contributed by atoms with Gasteiger partial charge in [-0.3, -0.25) is 0 Å². The molecule has 0 aliphatic carbocycles. The van der Waals surface area contributed by atoms with Crippen molar-refractivity contribution < 1.29 is 4.74 Å². The van der Waals surface area contributed by atoms with Crippen LogP contribution in [-0.2, 0) is 0 Å². The van der Waals surface area contributed by atoms with Crippen LogP contribution in [-0.4, -0.2) is 0 Å². The molecule has 1 atom stereocenters. The molecule has 1 unspecified atom stereocenters. The summed E-state index contributed by atoms with van der Waals surface area (Å²) in [6.07, 6.45) is 2.80. The Morgan fingerprint density at radius 2 is 1.92 bits per heavy atom. The van der Waals surface area contributed by atoms with Gasteiger partial charge in [0.15, 0.2) is 0 Å². The van der Waals surface area contributed by atoms with Crippen LogP contribution >= 0.6 is 11.3 Å². The van der Waals surface area contributed by atoms with E-state index in [0.29, 0.717) is 0 Å². The Bertz CT molecular complexity index is 1150. The van der Waals surface area contributed by atoms with Gasteiger partial charge in [0.2, 0.25) is 0 Å². The van der Waals surface area contributed by atoms with Gasteiger partial charge in [-0.25, -0.2) is 0 Å². The number of ether oxygens (including phenoxy) is 1. The highest BCUT2D eigenvalue weighted by atomic mass is 32.1. The highest BCUT2D eigenvalue weighted by Gasteiger charge is 2.28. The molecule has 0 saturated carbocycles. The molecule has 0 amide bonds. The normalized spacial score (nSPS) is 16.7. The maximum absolute atomic E-state index is 5.91. The molecule has 24 heavy (non-hydrogen) atoms. The topological polar surface area (TPSA) is 9.23 Å². The molecule has 0 N–H and O–H groups in total. The van der Waals surface area contributed by atoms with Crippen LogP contribution in [0.2, 0.25) is 0 Å². The molecule has 0 saturated heterocycles. The average Bonchev–Trinajstić information content (AvgIpc) is 3.11. The van der Waals surface area contributed by atoms with Gasteiger partial charge >= 0.3 is 0 Å². The van der Waals surface area contributed by atoms with E-state index in [1.165, 1.54) is 36.5 Å². The minimum Gasteiger partial charge on any atom is -0.461 e. The summed E-state index contributed by atoms with van der Waals surface area (Å²) in [6, 6.07) is 17.5. The van der Waals surface area contributed by atoms with Gasteiger partial charge in [-0.15, -0.1) is 17.9 Å². The Hall–Kier alpha value is -2.58. The Labute approximate surface area is 144 Å². The first-order chi connectivity index (χ1) is 11.8. The second kappa shape index (κ2) is 4.96. The molecule has 0 spiro atoms. The van der Waals surface area contributed by atoms with Gasteiger partial charge in [0.25, 0.3) is 0 Å². The van der Waals surface area contributed by atoms with Crippen LogP contribution in [0, 0.1) is 0 Å². The van der Waals surface area contributed by atoms with Crippen molar-refractivity contribution in [2.45, 2.75) is 12.3 Å². The Balaban J connectivity index is 1.86. The fraction of sp³-hybridized carbons (Fsp3) is 0.0909. The molecule has 116 valence electrons. The predicted octanol–water partition coefficient (Wildman–Crippen LogP) is 6.77. The SMILES string of the molecule is C=CCC1C(=C)Oc2cc3ccc4c5ccccc5sc4c3cc21. The second-order valence-electron chi connectivity index (χ2n) is 6.30. The van der Waals surface area contributed by atoms with Gasteiger partial charge < -0.3 is 4.74 Å². The monoisotopic (exact) mass is 328 g/mol. The van der Waals surface area contributed by atoms with Gasteiger partial charge in [-0.05, 0) is 30.0 Å². The van der Waals surface area contributed by atoms with Gasteiger partial charge in [-0.1, -0.05) is 43.0 Å². The van der Waals surface area contributed by atoms with Crippen LogP contribution in [0.3, 0.4) is 0 Å². The molecule has 2 heteroatoms. The van der Waals surface area contributed by atoms with Gasteiger partial charge in [0.05, 0.1) is 0 Å². The summed E-state index contributed by atoms with van der Waals surface area (Å²) < 4.78 is 8.60. The minimum atomic E-state index is 0.214. The molecular weight excluding hydrogens is 312 g/mol. The lowest BCUT2D eigenvalue weighted by Crippen LogP contribution is -1.95. The number of fused-ring (bicyclic) bond motifs is 6. The molecule has 0 fully saturated rings. The first kappa shape index (κ1) is 13.8. The largest absolute Gasteiger partial charge is 0.461 e. The van der Waals surface area contributed by atoms with E-state index in [1.807, 2.05) is 17.4 Å². The van der Waals surface area contributed by atoms with Crippen molar-refractivity contribution >= 4 is 42.3 Å². The maximum Gasteiger partial charge on any atom is 0.131 e. The number of rotatable bonds is 2. The van der Waals surface area contributed by atoms with Crippen LogP contribution in [0.15, 0.2) is 73.5 Å². The Morgan fingerprint density at radius 1 is 1.04 bits per heavy atom. The molecule has 1 aliphatic rings. The first-order valence-corrected chi connectivity index (χ1v) is 8.93. The third-order valence-corrected chi connectivity index (χ3v) is 6.12. The summed E-state index contributed by atoms with van der Waals surface area (Å²) in [4.78, 5) is 0. The Morgan fingerprint density at radius 3 is 2.79 bits per heavy atom. The van der Waals surface area contributed by atoms with Crippen molar-refractivity contribution in [3.05, 3.63) is 79.1 Å². The Kier molecular flexibility index (Phi) is 2.85. The van der Waals surface area contributed by atoms with Crippen molar-refractivity contribution in [3.63, 3.8) is 0 Å². The van der Waals surface area contributed by atoms with E-state index in [2.05, 4.69) is 61.7 Å². The zero-order chi connectivity index (χ0) is 16.3. The molecule has 1 aliphatic heterocycles. The van der Waals surface area contributed by atoms with Crippen molar-refractivity contribution in [1.29, 1.82) is 0 Å². The van der Waals surface area contributed by atoms with E-state index >= 15 is 0 Å². The summed E-state index contributed by atoms with van der Waals surface area (Å²) in [5, 5.41) is 5.20. The summed E-state index contributed by atoms with van der Waals surface area (Å²) >= 11 is 1.87. The number of thiophene rings is 1. The number of allylic oxidation sites excluding steroid dienone is 2. The molecule has 5 rings (SSSR count). The lowest BCUT2D eigenvalue weighted by Gasteiger charge is -2.07. The number of hydrogen-bond donors (Lipinski definition) is 0. The second-order valence-corrected chi connectivity index (χ2v) is 7.35. The van der Waals surface area contributed by atoms with Gasteiger partial charge in [-0.2, -0.15) is 0 Å². The summed E-state index contributed by atoms with van der Waals surface area (Å²) in [5.41, 5.74) is 1.23. The molecule has 3 aromatic carbocycles. The summed E-state index contributed by atoms with van der Waals surface area (Å²) in [6.45, 7) is 7.97. The molecule has 0 bridgehead atoms. The van der Waals surface area contributed by atoms with Crippen molar-refractivity contribution in [3.8, 4) is 5.75 Å². The van der Waals surface area contributed by atoms with E-state index in [9.17, 15) is 0 Å². The molecule has 1 nitrogen and oxygen atoms in total. The number of hydrogen-bond acceptors (Lipinski definition) is 2. The third-order valence-electron chi connectivity index (χ3n) is 4.90. The van der Waals surface area contributed by atoms with E-state index in [4.69, 9.17) is 4.74 Å². The van der Waals surface area contributed by atoms with E-state index in [0.717, 1.165) is 17.9 Å². The molecule has 4 aromatic rings. The van der Waals surface area contributed by atoms with E-state index in [1.54, 1.807) is 0 Å². The average molecular weight is 328 g/mol. The fourth-order valence-corrected chi connectivity index (χ4v) is 4.95. The predicted molar refractivity (Wildman–Crippen MR) is 104 cm³/mol. The van der Waals surface area contributed by atoms with Gasteiger partial charge in [0, 0.05) is 37.0 Å². The van der Waals surface area contributed by atoms with Crippen LogP contribution in [0.1, 0.15) is 17.9 Å². The van der Waals surface area contributed by atoms with Gasteiger partial charge in [0.1, 0.15) is 11.5 Å². The first-order valence-electron chi connectivity index (χ1n) is 8.11. The third kappa shape index (κ3) is 1.80. The summed E-state index contributed by atoms with van der Waals surface area (Å²) in [7, 11) is 0. The lowest BCUT2D eigenvalue weighted by atomic mass is 9.93. The van der Waals surface area contributed by atoms with Crippen LogP contribution < -0.4 is 4.74 Å². The van der Waals surface area contributed by atoms with E-state index < -0.39 is 0 Å². The highest BCUT2D eigenvalue weighted by Crippen LogP contribution is 2.46. The number of benzene rings is 3. The molecular formula is C22H16OS. The minimum absolute atomic E-state index is 0.214. The zero-order valence-corrected chi connectivity index (χ0v) is 14.0. The quantitative estimate of drug-likeness (QED) is 0.369. The molecule has 2 heterocycles. The molecule has 0 radical (unpaired) electrons. The standard InChI is InChI=1S/C22H16OS/c1-3-6-15-13(2)23-20-11-14-9-10-17-16-7-4-5-8-21(16)24-22(17)18(14)12-19(15)20/h3-5,7-12,15H,1-2,6H2. The lowest BCUT2D eigenvalue weighted by molar-refractivity contribution is 0.430. The highest BCUT2D eigenvalue weighted by molar-refractivity contribution is 7.26. The molecule has 1 aromatic heterocycles. The zero-order valence-electron chi connectivity index (χ0n) is 13.2. The van der Waals surface area contributed by atoms with E-state index in [-0.39, 0.29) is 5.92 Å². The van der Waals surface area contributed by atoms with Crippen LogP contribution in [0.5, 0.6) is 5.75 Å². The fourth-order valence-electron chi connectivity index (χ4n) is 3.72. The van der Waals surface area contributed by atoms with Crippen LogP contribution in [0.25, 0.3) is 30.9 Å². The summed E-state index contributed by atoms with van der Waals surface area (Å²) in [5.74, 6) is 1.99. The maximum atomic E-state index is 5.91. The van der Waals surface area contributed by atoms with Crippen molar-refractivity contribution in [2.24, 2.45) is 0 Å².